The third-order valence-electron chi connectivity index (χ3n) is 6.63. The number of hydrogen-bond acceptors (Lipinski definition) is 4. The molecule has 1 aliphatic rings. The van der Waals surface area contributed by atoms with Gasteiger partial charge in [0, 0.05) is 42.5 Å². The Morgan fingerprint density at radius 3 is 2.44 bits per heavy atom. The molecule has 184 valence electrons. The van der Waals surface area contributed by atoms with Gasteiger partial charge in [-0.25, -0.2) is 4.68 Å². The summed E-state index contributed by atoms with van der Waals surface area (Å²) < 4.78 is 7.20. The topological polar surface area (TPSA) is 50.6 Å². The number of benzene rings is 3. The molecule has 1 amide bonds. The van der Waals surface area contributed by atoms with E-state index in [9.17, 15) is 4.79 Å². The molecule has 0 bridgehead atoms. The van der Waals surface area contributed by atoms with Crippen LogP contribution in [0.1, 0.15) is 21.6 Å². The Hall–Kier alpha value is -3.77. The molecule has 0 N–H and O–H groups in total. The average molecular weight is 501 g/mol. The van der Waals surface area contributed by atoms with Crippen LogP contribution in [-0.4, -0.2) is 53.9 Å². The van der Waals surface area contributed by atoms with Gasteiger partial charge in [0.1, 0.15) is 11.4 Å². The number of hydrogen-bond donors (Lipinski definition) is 0. The maximum Gasteiger partial charge on any atom is 0.272 e. The van der Waals surface area contributed by atoms with Crippen LogP contribution in [-0.2, 0) is 0 Å². The Morgan fingerprint density at radius 2 is 1.69 bits per heavy atom. The van der Waals surface area contributed by atoms with Crippen molar-refractivity contribution in [2.24, 2.45) is 0 Å². The highest BCUT2D eigenvalue weighted by Crippen LogP contribution is 2.28. The smallest absolute Gasteiger partial charge is 0.272 e. The van der Waals surface area contributed by atoms with E-state index in [1.807, 2.05) is 67.3 Å². The van der Waals surface area contributed by atoms with E-state index in [4.69, 9.17) is 21.4 Å². The maximum atomic E-state index is 13.9. The van der Waals surface area contributed by atoms with Crippen molar-refractivity contribution in [2.45, 2.75) is 13.8 Å². The van der Waals surface area contributed by atoms with Crippen molar-refractivity contribution in [1.82, 2.24) is 14.7 Å². The summed E-state index contributed by atoms with van der Waals surface area (Å²) in [5, 5.41) is 5.62. The number of methoxy groups -OCH3 is 1. The number of anilines is 1. The van der Waals surface area contributed by atoms with Gasteiger partial charge in [0.25, 0.3) is 5.91 Å². The molecule has 0 saturated carbocycles. The molecule has 1 aromatic heterocycles. The first-order valence-electron chi connectivity index (χ1n) is 12.0. The number of halogens is 1. The summed E-state index contributed by atoms with van der Waals surface area (Å²) in [5.41, 5.74) is 6.34. The van der Waals surface area contributed by atoms with Crippen LogP contribution in [0.15, 0.2) is 72.8 Å². The van der Waals surface area contributed by atoms with Crippen molar-refractivity contribution < 1.29 is 9.53 Å². The van der Waals surface area contributed by atoms with E-state index in [1.165, 1.54) is 0 Å². The summed E-state index contributed by atoms with van der Waals surface area (Å²) in [4.78, 5) is 18.0. The lowest BCUT2D eigenvalue weighted by atomic mass is 10.1. The average Bonchev–Trinajstić information content (AvgIpc) is 3.35. The molecule has 0 radical (unpaired) electrons. The summed E-state index contributed by atoms with van der Waals surface area (Å²) in [6.07, 6.45) is 0. The Morgan fingerprint density at radius 1 is 0.917 bits per heavy atom. The van der Waals surface area contributed by atoms with Crippen LogP contribution < -0.4 is 9.64 Å². The van der Waals surface area contributed by atoms with Gasteiger partial charge in [-0.2, -0.15) is 5.10 Å². The van der Waals surface area contributed by atoms with Gasteiger partial charge in [-0.05, 0) is 67.4 Å². The molecule has 1 fully saturated rings. The first-order chi connectivity index (χ1) is 17.4. The standard InChI is InChI=1S/C29H29ClN4O2/c1-20-10-11-21(2)27(16-20)34-28(19-26(31-34)22-6-4-9-25(17-22)36-3)29(35)33-14-12-32(13-15-33)24-8-5-7-23(30)18-24/h4-11,16-19H,12-15H2,1-3H3. The first-order valence-corrected chi connectivity index (χ1v) is 12.4. The van der Waals surface area contributed by atoms with Crippen LogP contribution in [0.2, 0.25) is 5.02 Å². The second-order valence-electron chi connectivity index (χ2n) is 9.11. The molecule has 0 unspecified atom stereocenters. The highest BCUT2D eigenvalue weighted by Gasteiger charge is 2.27. The highest BCUT2D eigenvalue weighted by atomic mass is 35.5. The third-order valence-corrected chi connectivity index (χ3v) is 6.86. The van der Waals surface area contributed by atoms with E-state index < -0.39 is 0 Å². The van der Waals surface area contributed by atoms with Gasteiger partial charge in [-0.3, -0.25) is 4.79 Å². The van der Waals surface area contributed by atoms with Crippen molar-refractivity contribution in [3.8, 4) is 22.7 Å². The largest absolute Gasteiger partial charge is 0.497 e. The van der Waals surface area contributed by atoms with E-state index in [0.717, 1.165) is 52.6 Å². The second-order valence-corrected chi connectivity index (χ2v) is 9.54. The Bertz CT molecular complexity index is 1410. The minimum Gasteiger partial charge on any atom is -0.497 e. The highest BCUT2D eigenvalue weighted by molar-refractivity contribution is 6.30. The molecule has 2 heterocycles. The van der Waals surface area contributed by atoms with E-state index in [1.54, 1.807) is 11.8 Å². The normalized spacial score (nSPS) is 13.7. The summed E-state index contributed by atoms with van der Waals surface area (Å²) in [6.45, 7) is 6.82. The summed E-state index contributed by atoms with van der Waals surface area (Å²) in [7, 11) is 1.64. The molecule has 4 aromatic rings. The van der Waals surface area contributed by atoms with Crippen LogP contribution >= 0.6 is 11.6 Å². The van der Waals surface area contributed by atoms with Gasteiger partial charge >= 0.3 is 0 Å². The van der Waals surface area contributed by atoms with Gasteiger partial charge in [-0.15, -0.1) is 0 Å². The predicted octanol–water partition coefficient (Wildman–Crippen LogP) is 5.78. The minimum absolute atomic E-state index is 0.0247. The zero-order valence-electron chi connectivity index (χ0n) is 20.7. The van der Waals surface area contributed by atoms with Gasteiger partial charge in [0.05, 0.1) is 18.5 Å². The van der Waals surface area contributed by atoms with Crippen LogP contribution in [0.3, 0.4) is 0 Å². The molecular weight excluding hydrogens is 472 g/mol. The molecule has 0 aliphatic carbocycles. The molecule has 1 aliphatic heterocycles. The van der Waals surface area contributed by atoms with Crippen molar-refractivity contribution in [3.63, 3.8) is 0 Å². The van der Waals surface area contributed by atoms with E-state index in [0.29, 0.717) is 23.8 Å². The number of piperazine rings is 1. The first kappa shape index (κ1) is 23.9. The van der Waals surface area contributed by atoms with Crippen LogP contribution in [0.25, 0.3) is 16.9 Å². The molecule has 3 aromatic carbocycles. The van der Waals surface area contributed by atoms with E-state index in [2.05, 4.69) is 29.2 Å². The monoisotopic (exact) mass is 500 g/mol. The number of ether oxygens (including phenoxy) is 1. The van der Waals surface area contributed by atoms with E-state index in [-0.39, 0.29) is 5.91 Å². The molecule has 0 spiro atoms. The fourth-order valence-corrected chi connectivity index (χ4v) is 4.78. The molecule has 0 atom stereocenters. The van der Waals surface area contributed by atoms with Crippen LogP contribution in [0, 0.1) is 13.8 Å². The Kier molecular flexibility index (Phi) is 6.70. The van der Waals surface area contributed by atoms with Crippen molar-refractivity contribution in [2.75, 3.05) is 38.2 Å². The minimum atomic E-state index is -0.0247. The molecule has 7 heteroatoms. The number of nitrogens with zero attached hydrogens (tertiary/aromatic N) is 4. The lowest BCUT2D eigenvalue weighted by Crippen LogP contribution is -2.49. The Labute approximate surface area is 216 Å². The maximum absolute atomic E-state index is 13.9. The summed E-state index contributed by atoms with van der Waals surface area (Å²) >= 11 is 6.19. The van der Waals surface area contributed by atoms with Gasteiger partial charge in [0.2, 0.25) is 0 Å². The molecule has 5 rings (SSSR count). The van der Waals surface area contributed by atoms with Gasteiger partial charge in [-0.1, -0.05) is 41.9 Å². The van der Waals surface area contributed by atoms with Gasteiger partial charge in [0.15, 0.2) is 0 Å². The number of carbonyl (C=O) groups is 1. The van der Waals surface area contributed by atoms with Crippen LogP contribution in [0.5, 0.6) is 5.75 Å². The molecule has 6 nitrogen and oxygen atoms in total. The van der Waals surface area contributed by atoms with Crippen LogP contribution in [0.4, 0.5) is 5.69 Å². The fourth-order valence-electron chi connectivity index (χ4n) is 4.59. The zero-order chi connectivity index (χ0) is 25.2. The van der Waals surface area contributed by atoms with Crippen molar-refractivity contribution in [1.29, 1.82) is 0 Å². The molecular formula is C29H29ClN4O2. The predicted molar refractivity (Wildman–Crippen MR) is 145 cm³/mol. The van der Waals surface area contributed by atoms with Crippen molar-refractivity contribution >= 4 is 23.2 Å². The summed E-state index contributed by atoms with van der Waals surface area (Å²) in [6, 6.07) is 23.7. The van der Waals surface area contributed by atoms with Crippen molar-refractivity contribution in [3.05, 3.63) is 94.6 Å². The lowest BCUT2D eigenvalue weighted by molar-refractivity contribution is 0.0737. The quantitative estimate of drug-likeness (QED) is 0.348. The van der Waals surface area contributed by atoms with Gasteiger partial charge < -0.3 is 14.5 Å². The summed E-state index contributed by atoms with van der Waals surface area (Å²) in [5.74, 6) is 0.724. The lowest BCUT2D eigenvalue weighted by Gasteiger charge is -2.36. The molecule has 36 heavy (non-hydrogen) atoms. The van der Waals surface area contributed by atoms with E-state index >= 15 is 0 Å². The Balaban J connectivity index is 1.47. The number of carbonyl (C=O) groups excluding carboxylic acids is 1. The molecule has 1 saturated heterocycles. The second kappa shape index (κ2) is 10.1. The third kappa shape index (κ3) is 4.82. The zero-order valence-corrected chi connectivity index (χ0v) is 21.5. The SMILES string of the molecule is COc1cccc(-c2cc(C(=O)N3CCN(c4cccc(Cl)c4)CC3)n(-c3cc(C)ccc3C)n2)c1. The number of aryl methyl sites for hydroxylation is 2. The fraction of sp³-hybridized carbons (Fsp3) is 0.241. The number of amides is 1. The number of rotatable bonds is 5. The number of aromatic nitrogens is 2.